The predicted octanol–water partition coefficient (Wildman–Crippen LogP) is 4.55. The van der Waals surface area contributed by atoms with Gasteiger partial charge < -0.3 is 9.64 Å². The number of carbonyl (C=O) groups is 1. The van der Waals surface area contributed by atoms with E-state index in [9.17, 15) is 13.2 Å². The largest absolute Gasteiger partial charge is 0.495 e. The Morgan fingerprint density at radius 1 is 1.09 bits per heavy atom. The molecule has 0 atom stereocenters. The average molecular weight is 457 g/mol. The van der Waals surface area contributed by atoms with Crippen LogP contribution in [-0.2, 0) is 16.4 Å². The minimum Gasteiger partial charge on any atom is -0.495 e. The fourth-order valence-corrected chi connectivity index (χ4v) is 6.44. The lowest BCUT2D eigenvalue weighted by molar-refractivity contribution is 0.0984. The lowest BCUT2D eigenvalue weighted by Crippen LogP contribution is -2.38. The van der Waals surface area contributed by atoms with E-state index < -0.39 is 10.0 Å². The average Bonchev–Trinajstić information content (AvgIpc) is 2.84. The van der Waals surface area contributed by atoms with E-state index in [1.165, 1.54) is 10.4 Å². The number of amides is 1. The molecule has 2 aromatic rings. The van der Waals surface area contributed by atoms with Crippen molar-refractivity contribution in [2.24, 2.45) is 0 Å². The summed E-state index contributed by atoms with van der Waals surface area (Å²) in [7, 11) is -0.399. The number of rotatable bonds is 5. The van der Waals surface area contributed by atoms with Gasteiger partial charge in [0.25, 0.3) is 5.91 Å². The number of fused-ring (bicyclic) bond motifs is 1. The lowest BCUT2D eigenvalue weighted by Gasteiger charge is -2.32. The van der Waals surface area contributed by atoms with E-state index in [4.69, 9.17) is 4.74 Å². The van der Waals surface area contributed by atoms with E-state index in [-0.39, 0.29) is 16.8 Å². The van der Waals surface area contributed by atoms with Crippen molar-refractivity contribution >= 4 is 21.6 Å². The van der Waals surface area contributed by atoms with E-state index in [2.05, 4.69) is 0 Å². The summed E-state index contributed by atoms with van der Waals surface area (Å²) >= 11 is 0. The van der Waals surface area contributed by atoms with Crippen molar-refractivity contribution in [1.82, 2.24) is 4.31 Å². The summed E-state index contributed by atoms with van der Waals surface area (Å²) in [4.78, 5) is 15.5. The molecule has 0 N–H and O–H groups in total. The summed E-state index contributed by atoms with van der Waals surface area (Å²) in [5, 5.41) is 0. The van der Waals surface area contributed by atoms with Crippen molar-refractivity contribution in [1.29, 1.82) is 0 Å². The zero-order chi connectivity index (χ0) is 22.9. The van der Waals surface area contributed by atoms with Gasteiger partial charge in [-0.3, -0.25) is 4.79 Å². The Bertz CT molecular complexity index is 1110. The Hall–Kier alpha value is -2.38. The van der Waals surface area contributed by atoms with Crippen LogP contribution in [-0.4, -0.2) is 45.4 Å². The summed E-state index contributed by atoms with van der Waals surface area (Å²) < 4.78 is 33.7. The Kier molecular flexibility index (Phi) is 6.58. The number of nitrogens with zero attached hydrogens (tertiary/aromatic N) is 2. The fraction of sp³-hybridized carbons (Fsp3) is 0.480. The molecule has 1 fully saturated rings. The number of hydrogen-bond donors (Lipinski definition) is 0. The van der Waals surface area contributed by atoms with Crippen molar-refractivity contribution in [3.05, 3.63) is 53.1 Å². The molecule has 1 saturated carbocycles. The standard InChI is InChI=1S/C25H32N2O4S/c1-18-14-15-23(31-3)24-22(18)13-8-16-27(24)25(28)19-9-7-12-21(17-19)32(29,30)26(2)20-10-5-4-6-11-20/h7,9,12,14-15,17,20H,4-6,8,10-11,13,16H2,1-3H3. The molecular formula is C25H32N2O4S. The molecule has 0 bridgehead atoms. The van der Waals surface area contributed by atoms with Gasteiger partial charge in [-0.2, -0.15) is 4.31 Å². The number of ether oxygens (including phenoxy) is 1. The maximum atomic E-state index is 13.6. The van der Waals surface area contributed by atoms with Crippen LogP contribution in [0.1, 0.15) is 60.0 Å². The molecule has 0 radical (unpaired) electrons. The molecule has 1 aliphatic carbocycles. The minimum absolute atomic E-state index is 0.0225. The van der Waals surface area contributed by atoms with Crippen LogP contribution in [0, 0.1) is 6.92 Å². The first kappa shape index (κ1) is 22.8. The van der Waals surface area contributed by atoms with Gasteiger partial charge in [0.1, 0.15) is 5.75 Å². The maximum absolute atomic E-state index is 13.6. The normalized spacial score (nSPS) is 17.3. The third-order valence-electron chi connectivity index (χ3n) is 6.87. The summed E-state index contributed by atoms with van der Waals surface area (Å²) in [5.41, 5.74) is 3.42. The molecule has 0 saturated heterocycles. The van der Waals surface area contributed by atoms with Crippen LogP contribution in [0.5, 0.6) is 5.75 Å². The zero-order valence-corrected chi connectivity index (χ0v) is 20.0. The smallest absolute Gasteiger partial charge is 0.258 e. The van der Waals surface area contributed by atoms with Crippen LogP contribution < -0.4 is 9.64 Å². The Labute approximate surface area is 191 Å². The molecule has 1 aliphatic heterocycles. The second kappa shape index (κ2) is 9.24. The first-order valence-corrected chi connectivity index (χ1v) is 12.8. The van der Waals surface area contributed by atoms with Crippen LogP contribution in [0.4, 0.5) is 5.69 Å². The highest BCUT2D eigenvalue weighted by Gasteiger charge is 2.31. The van der Waals surface area contributed by atoms with Gasteiger partial charge in [-0.15, -0.1) is 0 Å². The molecule has 32 heavy (non-hydrogen) atoms. The quantitative estimate of drug-likeness (QED) is 0.662. The monoisotopic (exact) mass is 456 g/mol. The first-order chi connectivity index (χ1) is 15.3. The summed E-state index contributed by atoms with van der Waals surface area (Å²) in [6.07, 6.45) is 6.79. The SMILES string of the molecule is COc1ccc(C)c2c1N(C(=O)c1cccc(S(=O)(=O)N(C)C3CCCCC3)c1)CCC2. The van der Waals surface area contributed by atoms with Gasteiger partial charge >= 0.3 is 0 Å². The number of aryl methyl sites for hydroxylation is 1. The number of anilines is 1. The van der Waals surface area contributed by atoms with Gasteiger partial charge in [0.05, 0.1) is 17.7 Å². The molecule has 7 heteroatoms. The zero-order valence-electron chi connectivity index (χ0n) is 19.1. The third kappa shape index (κ3) is 4.16. The summed E-state index contributed by atoms with van der Waals surface area (Å²) in [5.74, 6) is 0.465. The summed E-state index contributed by atoms with van der Waals surface area (Å²) in [6, 6.07) is 10.4. The van der Waals surface area contributed by atoms with Crippen LogP contribution in [0.2, 0.25) is 0 Å². The lowest BCUT2D eigenvalue weighted by atomic mass is 9.95. The van der Waals surface area contributed by atoms with Crippen LogP contribution in [0.15, 0.2) is 41.3 Å². The molecule has 2 aliphatic rings. The van der Waals surface area contributed by atoms with Crippen molar-refractivity contribution in [3.63, 3.8) is 0 Å². The molecule has 4 rings (SSSR count). The van der Waals surface area contributed by atoms with Gasteiger partial charge in [-0.1, -0.05) is 31.4 Å². The van der Waals surface area contributed by atoms with Crippen molar-refractivity contribution in [2.45, 2.75) is 62.8 Å². The molecule has 0 unspecified atom stereocenters. The number of hydrogen-bond acceptors (Lipinski definition) is 4. The summed E-state index contributed by atoms with van der Waals surface area (Å²) in [6.45, 7) is 2.62. The molecule has 172 valence electrons. The molecule has 0 spiro atoms. The number of methoxy groups -OCH3 is 1. The van der Waals surface area contributed by atoms with Crippen molar-refractivity contribution in [2.75, 3.05) is 25.6 Å². The van der Waals surface area contributed by atoms with Crippen LogP contribution in [0.25, 0.3) is 0 Å². The molecular weight excluding hydrogens is 424 g/mol. The van der Waals surface area contributed by atoms with Gasteiger partial charge in [0, 0.05) is 25.2 Å². The number of carbonyl (C=O) groups excluding carboxylic acids is 1. The Morgan fingerprint density at radius 2 is 1.84 bits per heavy atom. The van der Waals surface area contributed by atoms with E-state index in [1.807, 2.05) is 19.1 Å². The fourth-order valence-electron chi connectivity index (χ4n) is 4.97. The Balaban J connectivity index is 1.66. The second-order valence-corrected chi connectivity index (χ2v) is 10.8. The molecule has 6 nitrogen and oxygen atoms in total. The molecule has 2 aromatic carbocycles. The Morgan fingerprint density at radius 3 is 2.56 bits per heavy atom. The highest BCUT2D eigenvalue weighted by Crippen LogP contribution is 2.39. The van der Waals surface area contributed by atoms with Gasteiger partial charge in [-0.05, 0) is 68.0 Å². The van der Waals surface area contributed by atoms with E-state index in [0.29, 0.717) is 17.9 Å². The number of sulfonamides is 1. The van der Waals surface area contributed by atoms with Gasteiger partial charge in [0.15, 0.2) is 0 Å². The van der Waals surface area contributed by atoms with Gasteiger partial charge in [0.2, 0.25) is 10.0 Å². The van der Waals surface area contributed by atoms with Crippen LogP contribution in [0.3, 0.4) is 0 Å². The second-order valence-electron chi connectivity index (χ2n) is 8.81. The predicted molar refractivity (Wildman–Crippen MR) is 126 cm³/mol. The van der Waals surface area contributed by atoms with Crippen molar-refractivity contribution < 1.29 is 17.9 Å². The minimum atomic E-state index is -3.67. The number of benzene rings is 2. The van der Waals surface area contributed by atoms with E-state index >= 15 is 0 Å². The van der Waals surface area contributed by atoms with Crippen LogP contribution >= 0.6 is 0 Å². The maximum Gasteiger partial charge on any atom is 0.258 e. The van der Waals surface area contributed by atoms with E-state index in [1.54, 1.807) is 37.3 Å². The molecule has 1 amide bonds. The topological polar surface area (TPSA) is 66.9 Å². The third-order valence-corrected chi connectivity index (χ3v) is 8.78. The van der Waals surface area contributed by atoms with E-state index in [0.717, 1.165) is 61.8 Å². The molecule has 0 aromatic heterocycles. The molecule has 1 heterocycles. The van der Waals surface area contributed by atoms with Gasteiger partial charge in [-0.25, -0.2) is 8.42 Å². The first-order valence-electron chi connectivity index (χ1n) is 11.4. The van der Waals surface area contributed by atoms with Crippen molar-refractivity contribution in [3.8, 4) is 5.75 Å². The highest BCUT2D eigenvalue weighted by molar-refractivity contribution is 7.89. The highest BCUT2D eigenvalue weighted by atomic mass is 32.2.